The molecule has 0 amide bonds. The fourth-order valence-corrected chi connectivity index (χ4v) is 7.00. The van der Waals surface area contributed by atoms with Gasteiger partial charge in [0.05, 0.1) is 29.6 Å². The third kappa shape index (κ3) is 8.17. The first-order chi connectivity index (χ1) is 24.1. The predicted molar refractivity (Wildman–Crippen MR) is 186 cm³/mol. The second-order valence-electron chi connectivity index (χ2n) is 13.0. The van der Waals surface area contributed by atoms with E-state index in [4.69, 9.17) is 9.98 Å². The van der Waals surface area contributed by atoms with Gasteiger partial charge in [0.15, 0.2) is 0 Å². The highest BCUT2D eigenvalue weighted by Crippen LogP contribution is 2.36. The first-order valence-electron chi connectivity index (χ1n) is 16.6. The molecule has 0 radical (unpaired) electrons. The Balaban J connectivity index is 1.84. The summed E-state index contributed by atoms with van der Waals surface area (Å²) in [5.74, 6) is -5.18. The zero-order chi connectivity index (χ0) is 37.1. The first kappa shape index (κ1) is 36.5. The second kappa shape index (κ2) is 15.0. The smallest absolute Gasteiger partial charge is 0.307 e. The molecule has 1 atom stereocenters. The number of aliphatic imine (C=N–C) groups is 2. The van der Waals surface area contributed by atoms with E-state index < -0.39 is 42.3 Å². The van der Waals surface area contributed by atoms with Crippen LogP contribution in [0.15, 0.2) is 44.1 Å². The highest BCUT2D eigenvalue weighted by atomic mass is 16.4. The number of carbonyl (C=O) groups is 5. The van der Waals surface area contributed by atoms with Crippen LogP contribution in [-0.2, 0) is 43.2 Å². The van der Waals surface area contributed by atoms with Crippen LogP contribution in [0.2, 0.25) is 0 Å². The lowest BCUT2D eigenvalue weighted by molar-refractivity contribution is -0.138. The number of allylic oxidation sites excluding steroid dienone is 3. The van der Waals surface area contributed by atoms with Crippen LogP contribution in [0, 0.1) is 13.8 Å². The maximum Gasteiger partial charge on any atom is 0.307 e. The van der Waals surface area contributed by atoms with Crippen LogP contribution in [0.5, 0.6) is 0 Å². The Morgan fingerprint density at radius 2 is 1.24 bits per heavy atom. The number of aliphatic carboxylic acids is 5. The van der Waals surface area contributed by atoms with Gasteiger partial charge in [-0.3, -0.25) is 29.0 Å². The van der Waals surface area contributed by atoms with Crippen molar-refractivity contribution in [3.63, 3.8) is 0 Å². The minimum atomic E-state index is -1.16. The monoisotopic (exact) mass is 700 g/mol. The van der Waals surface area contributed by atoms with Gasteiger partial charge in [-0.05, 0) is 109 Å². The number of hydrogen-bond donors (Lipinski definition) is 7. The molecule has 2 aromatic heterocycles. The van der Waals surface area contributed by atoms with Crippen molar-refractivity contribution in [2.45, 2.75) is 91.0 Å². The van der Waals surface area contributed by atoms with E-state index in [1.165, 1.54) is 0 Å². The highest BCUT2D eigenvalue weighted by molar-refractivity contribution is 6.25. The molecule has 268 valence electrons. The number of carboxylic acid groups (broad SMARTS) is 5. The molecule has 0 aromatic carbocycles. The van der Waals surface area contributed by atoms with Gasteiger partial charge in [-0.1, -0.05) is 0 Å². The van der Waals surface area contributed by atoms with E-state index in [1.54, 1.807) is 12.2 Å². The van der Waals surface area contributed by atoms with Gasteiger partial charge in [0.2, 0.25) is 0 Å². The quantitative estimate of drug-likeness (QED) is 0.152. The summed E-state index contributed by atoms with van der Waals surface area (Å²) in [7, 11) is 0. The summed E-state index contributed by atoms with van der Waals surface area (Å²) >= 11 is 0. The van der Waals surface area contributed by atoms with Crippen LogP contribution in [0.3, 0.4) is 0 Å². The molecule has 3 aliphatic heterocycles. The molecular weight excluding hydrogens is 660 g/mol. The minimum Gasteiger partial charge on any atom is -0.481 e. The van der Waals surface area contributed by atoms with Crippen LogP contribution in [0.1, 0.15) is 85.5 Å². The molecular formula is C37H40N4O10. The number of aromatic amines is 2. The number of nitrogens with zero attached hydrogens (tertiary/aromatic N) is 2. The van der Waals surface area contributed by atoms with Crippen LogP contribution < -0.4 is 10.7 Å². The maximum atomic E-state index is 12.2. The summed E-state index contributed by atoms with van der Waals surface area (Å²) in [6.07, 6.45) is 4.90. The standard InChI is InChI=1S/C37H40N4O10/c1-17-20(4-8-33(42)43)28-14-27-19(3)22(6-10-35(46)47)30(40-27)16-32-24(12-37(50)51)23(7-11-36(48)49)31(41-32)15-29-21(5-9-34(44)45)18(2)26(39-29)13-25(17)38-28/h14-16,26,38,40H,4-13H2,1-3H3,(H,42,43)(H,44,45)(H,46,47)(H,48,49)(H,50,51)/b27-14-,30-16?,31-15-. The SMILES string of the molecule is CC1=C(CCC(=O)O)C2=NC1Cc1[nH]c(c(CCC(=O)O)c1C)/C=c1\[nH]c(c(CCC(=O)O)c1C)=CC1=N/C(=C\2)C(CCC(=O)O)=C1CC(=O)O. The Labute approximate surface area is 292 Å². The Hall–Kier alpha value is -5.79. The van der Waals surface area contributed by atoms with Crippen molar-refractivity contribution >= 4 is 53.4 Å². The summed E-state index contributed by atoms with van der Waals surface area (Å²) in [6.45, 7) is 5.64. The van der Waals surface area contributed by atoms with Crippen LogP contribution >= 0.6 is 0 Å². The average Bonchev–Trinajstić information content (AvgIpc) is 3.70. The summed E-state index contributed by atoms with van der Waals surface area (Å²) in [5, 5.41) is 49.3. The summed E-state index contributed by atoms with van der Waals surface area (Å²) < 4.78 is 0. The van der Waals surface area contributed by atoms with Crippen molar-refractivity contribution < 1.29 is 49.5 Å². The molecule has 1 unspecified atom stereocenters. The molecule has 0 fully saturated rings. The fraction of sp³-hybridized carbons (Fsp3) is 0.378. The lowest BCUT2D eigenvalue weighted by Gasteiger charge is -2.10. The summed E-state index contributed by atoms with van der Waals surface area (Å²) in [5.41, 5.74) is 7.93. The van der Waals surface area contributed by atoms with Gasteiger partial charge in [0.25, 0.3) is 0 Å². The topological polar surface area (TPSA) is 243 Å². The van der Waals surface area contributed by atoms with Crippen molar-refractivity contribution in [3.05, 3.63) is 78.4 Å². The molecule has 51 heavy (non-hydrogen) atoms. The van der Waals surface area contributed by atoms with Gasteiger partial charge in [-0.2, -0.15) is 0 Å². The van der Waals surface area contributed by atoms with Crippen molar-refractivity contribution in [1.82, 2.24) is 9.97 Å². The number of fused-ring (bicyclic) bond motifs is 6. The molecule has 14 nitrogen and oxygen atoms in total. The average molecular weight is 701 g/mol. The third-order valence-corrected chi connectivity index (χ3v) is 9.69. The van der Waals surface area contributed by atoms with Crippen molar-refractivity contribution in [3.8, 4) is 0 Å². The lowest BCUT2D eigenvalue weighted by Crippen LogP contribution is -2.16. The Morgan fingerprint density at radius 3 is 1.84 bits per heavy atom. The lowest BCUT2D eigenvalue weighted by atomic mass is 9.93. The summed E-state index contributed by atoms with van der Waals surface area (Å²) in [4.78, 5) is 75.5. The van der Waals surface area contributed by atoms with Crippen LogP contribution in [-0.4, -0.2) is 82.8 Å². The predicted octanol–water partition coefficient (Wildman–Crippen LogP) is 3.14. The molecule has 0 saturated heterocycles. The first-order valence-corrected chi connectivity index (χ1v) is 16.6. The molecule has 0 aliphatic carbocycles. The van der Waals surface area contributed by atoms with E-state index in [9.17, 15) is 49.5 Å². The molecule has 8 bridgehead atoms. The maximum absolute atomic E-state index is 12.2. The normalized spacial score (nSPS) is 18.4. The van der Waals surface area contributed by atoms with E-state index >= 15 is 0 Å². The van der Waals surface area contributed by atoms with E-state index in [0.29, 0.717) is 56.5 Å². The number of hydrogen-bond acceptors (Lipinski definition) is 7. The van der Waals surface area contributed by atoms with Crippen molar-refractivity contribution in [2.75, 3.05) is 0 Å². The molecule has 0 spiro atoms. The Kier molecular flexibility index (Phi) is 10.7. The number of aromatic nitrogens is 2. The molecule has 14 heteroatoms. The Morgan fingerprint density at radius 1 is 0.647 bits per heavy atom. The zero-order valence-corrected chi connectivity index (χ0v) is 28.6. The third-order valence-electron chi connectivity index (χ3n) is 9.69. The molecule has 7 N–H and O–H groups in total. The van der Waals surface area contributed by atoms with Gasteiger partial charge in [0, 0.05) is 54.2 Å². The number of carboxylic acids is 5. The van der Waals surface area contributed by atoms with E-state index in [1.807, 2.05) is 26.8 Å². The summed E-state index contributed by atoms with van der Waals surface area (Å²) in [6, 6.07) is -0.408. The molecule has 2 aromatic rings. The number of H-pyrrole nitrogens is 2. The van der Waals surface area contributed by atoms with Gasteiger partial charge in [-0.15, -0.1) is 0 Å². The van der Waals surface area contributed by atoms with E-state index in [0.717, 1.165) is 28.0 Å². The molecule has 5 heterocycles. The Bertz CT molecular complexity index is 2140. The van der Waals surface area contributed by atoms with Crippen molar-refractivity contribution in [1.29, 1.82) is 0 Å². The van der Waals surface area contributed by atoms with E-state index in [2.05, 4.69) is 9.97 Å². The molecule has 5 rings (SSSR count). The van der Waals surface area contributed by atoms with Crippen molar-refractivity contribution in [2.24, 2.45) is 9.98 Å². The van der Waals surface area contributed by atoms with Gasteiger partial charge in [-0.25, -0.2) is 4.99 Å². The largest absolute Gasteiger partial charge is 0.481 e. The second-order valence-corrected chi connectivity index (χ2v) is 13.0. The number of nitrogens with one attached hydrogen (secondary N) is 2. The van der Waals surface area contributed by atoms with Crippen LogP contribution in [0.25, 0.3) is 12.2 Å². The number of rotatable bonds is 14. The minimum absolute atomic E-state index is 0.0214. The van der Waals surface area contributed by atoms with Crippen LogP contribution in [0.4, 0.5) is 0 Å². The highest BCUT2D eigenvalue weighted by Gasteiger charge is 2.30. The molecule has 3 aliphatic rings. The zero-order valence-electron chi connectivity index (χ0n) is 28.6. The van der Waals surface area contributed by atoms with Gasteiger partial charge < -0.3 is 35.5 Å². The fourth-order valence-electron chi connectivity index (χ4n) is 7.00. The molecule has 0 saturated carbocycles. The van der Waals surface area contributed by atoms with Gasteiger partial charge in [0.1, 0.15) is 0 Å². The van der Waals surface area contributed by atoms with E-state index in [-0.39, 0.29) is 57.1 Å². The van der Waals surface area contributed by atoms with Gasteiger partial charge >= 0.3 is 29.8 Å².